The van der Waals surface area contributed by atoms with Gasteiger partial charge in [-0.2, -0.15) is 0 Å². The van der Waals surface area contributed by atoms with E-state index in [-0.39, 0.29) is 29.0 Å². The summed E-state index contributed by atoms with van der Waals surface area (Å²) < 4.78 is 11.7. The third-order valence-corrected chi connectivity index (χ3v) is 5.05. The summed E-state index contributed by atoms with van der Waals surface area (Å²) in [5.41, 5.74) is 0.312. The molecule has 144 valence electrons. The second-order valence-electron chi connectivity index (χ2n) is 5.93. The monoisotopic (exact) mass is 392 g/mol. The van der Waals surface area contributed by atoms with Crippen LogP contribution in [0.1, 0.15) is 23.2 Å². The Balaban J connectivity index is 1.62. The maximum absolute atomic E-state index is 12.3. The lowest BCUT2D eigenvalue weighted by Gasteiger charge is -2.11. The highest BCUT2D eigenvalue weighted by Crippen LogP contribution is 2.20. The maximum Gasteiger partial charge on any atom is 0.344 e. The first-order valence-corrected chi connectivity index (χ1v) is 9.44. The van der Waals surface area contributed by atoms with Crippen molar-refractivity contribution in [3.05, 3.63) is 40.3 Å². The number of hydrogen-bond donors (Lipinski definition) is 2. The Morgan fingerprint density at radius 2 is 2.26 bits per heavy atom. The first kappa shape index (κ1) is 19.2. The first-order valence-electron chi connectivity index (χ1n) is 8.45. The molecule has 1 amide bonds. The van der Waals surface area contributed by atoms with Crippen molar-refractivity contribution >= 4 is 29.3 Å². The molecule has 3 rings (SSSR count). The third-order valence-electron chi connectivity index (χ3n) is 4.07. The van der Waals surface area contributed by atoms with Gasteiger partial charge in [0.1, 0.15) is 0 Å². The van der Waals surface area contributed by atoms with Crippen LogP contribution >= 0.6 is 11.8 Å². The van der Waals surface area contributed by atoms with Crippen LogP contribution in [-0.2, 0) is 20.8 Å². The van der Waals surface area contributed by atoms with Crippen molar-refractivity contribution in [2.45, 2.75) is 30.6 Å². The highest BCUT2D eigenvalue weighted by atomic mass is 32.2. The van der Waals surface area contributed by atoms with Crippen molar-refractivity contribution in [1.82, 2.24) is 14.8 Å². The minimum atomic E-state index is -0.531. The van der Waals surface area contributed by atoms with Crippen LogP contribution in [0.25, 0.3) is 0 Å². The highest BCUT2D eigenvalue weighted by molar-refractivity contribution is 7.99. The zero-order valence-corrected chi connectivity index (χ0v) is 15.6. The fraction of sp³-hybridized carbons (Fsp3) is 0.412. The van der Waals surface area contributed by atoms with Crippen LogP contribution in [0.2, 0.25) is 0 Å². The van der Waals surface area contributed by atoms with Crippen molar-refractivity contribution in [1.29, 1.82) is 0 Å². The lowest BCUT2D eigenvalue weighted by atomic mass is 10.2. The number of methoxy groups -OCH3 is 1. The molecule has 9 nitrogen and oxygen atoms in total. The number of anilines is 1. The predicted molar refractivity (Wildman–Crippen MR) is 99.0 cm³/mol. The van der Waals surface area contributed by atoms with E-state index in [2.05, 4.69) is 15.5 Å². The molecule has 1 aromatic carbocycles. The number of amides is 1. The van der Waals surface area contributed by atoms with Crippen LogP contribution in [-0.4, -0.2) is 52.2 Å². The number of carbonyl (C=O) groups is 2. The number of hydrogen-bond acceptors (Lipinski definition) is 7. The molecule has 10 heteroatoms. The molecule has 0 spiro atoms. The van der Waals surface area contributed by atoms with E-state index >= 15 is 0 Å². The van der Waals surface area contributed by atoms with Gasteiger partial charge in [-0.15, -0.1) is 5.10 Å². The number of aromatic amines is 1. The number of esters is 1. The number of nitrogens with one attached hydrogen (secondary N) is 2. The Morgan fingerprint density at radius 3 is 3.00 bits per heavy atom. The van der Waals surface area contributed by atoms with E-state index in [9.17, 15) is 14.4 Å². The molecule has 1 fully saturated rings. The van der Waals surface area contributed by atoms with E-state index < -0.39 is 5.97 Å². The number of thioether (sulfide) groups is 1. The van der Waals surface area contributed by atoms with Gasteiger partial charge in [0.25, 0.3) is 0 Å². The van der Waals surface area contributed by atoms with Gasteiger partial charge in [0.15, 0.2) is 5.16 Å². The molecule has 0 unspecified atom stereocenters. The molecule has 27 heavy (non-hydrogen) atoms. The molecule has 0 aliphatic carbocycles. The predicted octanol–water partition coefficient (Wildman–Crippen LogP) is 1.27. The molecule has 0 radical (unpaired) electrons. The fourth-order valence-electron chi connectivity index (χ4n) is 2.76. The van der Waals surface area contributed by atoms with Gasteiger partial charge in [0, 0.05) is 6.61 Å². The molecule has 1 aliphatic rings. The minimum Gasteiger partial charge on any atom is -0.465 e. The molecule has 2 heterocycles. The van der Waals surface area contributed by atoms with Crippen molar-refractivity contribution < 1.29 is 19.1 Å². The topological polar surface area (TPSA) is 115 Å². The Hall–Kier alpha value is -2.59. The van der Waals surface area contributed by atoms with Gasteiger partial charge in [0.2, 0.25) is 5.91 Å². The van der Waals surface area contributed by atoms with E-state index in [1.54, 1.807) is 24.3 Å². The summed E-state index contributed by atoms with van der Waals surface area (Å²) >= 11 is 1.14. The number of rotatable bonds is 7. The largest absolute Gasteiger partial charge is 0.465 e. The summed E-state index contributed by atoms with van der Waals surface area (Å²) in [7, 11) is 1.28. The molecular formula is C17H20N4O5S. The quantitative estimate of drug-likeness (QED) is 0.538. The van der Waals surface area contributed by atoms with Crippen molar-refractivity contribution in [2.75, 3.05) is 24.8 Å². The number of benzene rings is 1. The summed E-state index contributed by atoms with van der Waals surface area (Å²) in [6.45, 7) is 1.10. The molecule has 1 aromatic heterocycles. The second kappa shape index (κ2) is 8.87. The zero-order chi connectivity index (χ0) is 19.2. The van der Waals surface area contributed by atoms with Gasteiger partial charge >= 0.3 is 11.7 Å². The van der Waals surface area contributed by atoms with Gasteiger partial charge in [0.05, 0.1) is 36.8 Å². The van der Waals surface area contributed by atoms with Crippen LogP contribution in [0, 0.1) is 0 Å². The molecule has 1 saturated heterocycles. The maximum atomic E-state index is 12.3. The van der Waals surface area contributed by atoms with Crippen LogP contribution < -0.4 is 11.0 Å². The number of carbonyl (C=O) groups excluding carboxylic acids is 2. The van der Waals surface area contributed by atoms with E-state index in [0.29, 0.717) is 24.0 Å². The van der Waals surface area contributed by atoms with Gasteiger partial charge in [-0.05, 0) is 25.0 Å². The van der Waals surface area contributed by atoms with Gasteiger partial charge in [-0.1, -0.05) is 23.9 Å². The van der Waals surface area contributed by atoms with Crippen molar-refractivity contribution in [3.63, 3.8) is 0 Å². The standard InChI is InChI=1S/C17H20N4O5S/c1-25-15(23)12-6-2-3-7-13(12)18-14(22)10-27-17-20-19-16(24)21(17)9-11-5-4-8-26-11/h2-3,6-7,11H,4-5,8-10H2,1H3,(H,18,22)(H,19,24)/t11-/m0/s1. The summed E-state index contributed by atoms with van der Waals surface area (Å²) in [4.78, 5) is 36.0. The average Bonchev–Trinajstić information content (AvgIpc) is 3.31. The van der Waals surface area contributed by atoms with E-state index in [1.807, 2.05) is 0 Å². The van der Waals surface area contributed by atoms with E-state index in [1.165, 1.54) is 11.7 Å². The van der Waals surface area contributed by atoms with Crippen LogP contribution in [0.3, 0.4) is 0 Å². The third kappa shape index (κ3) is 4.77. The highest BCUT2D eigenvalue weighted by Gasteiger charge is 2.20. The fourth-order valence-corrected chi connectivity index (χ4v) is 3.52. The number of nitrogens with zero attached hydrogens (tertiary/aromatic N) is 2. The number of ether oxygens (including phenoxy) is 2. The Bertz CT molecular complexity index is 872. The Labute approximate surface area is 159 Å². The lowest BCUT2D eigenvalue weighted by Crippen LogP contribution is -2.25. The molecule has 0 bridgehead atoms. The molecule has 1 atom stereocenters. The Kier molecular flexibility index (Phi) is 6.30. The van der Waals surface area contributed by atoms with Crippen LogP contribution in [0.15, 0.2) is 34.2 Å². The average molecular weight is 392 g/mol. The summed E-state index contributed by atoms with van der Waals surface area (Å²) in [6, 6.07) is 6.59. The lowest BCUT2D eigenvalue weighted by molar-refractivity contribution is -0.113. The van der Waals surface area contributed by atoms with Crippen molar-refractivity contribution in [3.8, 4) is 0 Å². The Morgan fingerprint density at radius 1 is 1.44 bits per heavy atom. The van der Waals surface area contributed by atoms with Gasteiger partial charge < -0.3 is 14.8 Å². The van der Waals surface area contributed by atoms with Gasteiger partial charge in [-0.3, -0.25) is 9.36 Å². The molecule has 2 N–H and O–H groups in total. The number of para-hydroxylation sites is 1. The van der Waals surface area contributed by atoms with E-state index in [0.717, 1.165) is 24.6 Å². The zero-order valence-electron chi connectivity index (χ0n) is 14.8. The SMILES string of the molecule is COC(=O)c1ccccc1NC(=O)CSc1n[nH]c(=O)n1C[C@@H]1CCCO1. The molecule has 2 aromatic rings. The van der Waals surface area contributed by atoms with Gasteiger partial charge in [-0.25, -0.2) is 14.7 Å². The minimum absolute atomic E-state index is 0.0135. The summed E-state index contributed by atoms with van der Waals surface area (Å²) in [5, 5.41) is 9.49. The molecular weight excluding hydrogens is 372 g/mol. The van der Waals surface area contributed by atoms with Crippen molar-refractivity contribution in [2.24, 2.45) is 0 Å². The molecule has 0 saturated carbocycles. The smallest absolute Gasteiger partial charge is 0.344 e. The summed E-state index contributed by atoms with van der Waals surface area (Å²) in [6.07, 6.45) is 1.86. The number of aromatic nitrogens is 3. The van der Waals surface area contributed by atoms with Crippen LogP contribution in [0.4, 0.5) is 5.69 Å². The normalized spacial score (nSPS) is 16.3. The first-order chi connectivity index (χ1) is 13.1. The summed E-state index contributed by atoms with van der Waals surface area (Å²) in [5.74, 6) is -0.822. The number of H-pyrrole nitrogens is 1. The van der Waals surface area contributed by atoms with Crippen LogP contribution in [0.5, 0.6) is 0 Å². The second-order valence-corrected chi connectivity index (χ2v) is 6.87. The van der Waals surface area contributed by atoms with E-state index in [4.69, 9.17) is 9.47 Å². The molecule has 1 aliphatic heterocycles.